The number of carbonyl (C=O) groups excluding carboxylic acids is 1. The molecule has 3 heterocycles. The highest BCUT2D eigenvalue weighted by atomic mass is 32.1. The highest BCUT2D eigenvalue weighted by Gasteiger charge is 2.18. The van der Waals surface area contributed by atoms with Gasteiger partial charge in [-0.15, -0.1) is 11.3 Å². The highest BCUT2D eigenvalue weighted by molar-refractivity contribution is 7.12. The van der Waals surface area contributed by atoms with E-state index in [1.165, 1.54) is 16.9 Å². The molecule has 0 aliphatic carbocycles. The van der Waals surface area contributed by atoms with E-state index in [0.29, 0.717) is 31.2 Å². The maximum absolute atomic E-state index is 13.1. The van der Waals surface area contributed by atoms with E-state index in [2.05, 4.69) is 38.8 Å². The van der Waals surface area contributed by atoms with Crippen LogP contribution >= 0.6 is 11.3 Å². The van der Waals surface area contributed by atoms with Crippen LogP contribution in [0.15, 0.2) is 83.6 Å². The zero-order chi connectivity index (χ0) is 27.0. The van der Waals surface area contributed by atoms with Crippen molar-refractivity contribution in [1.82, 2.24) is 9.88 Å². The van der Waals surface area contributed by atoms with Gasteiger partial charge in [0.2, 0.25) is 0 Å². The Morgan fingerprint density at radius 3 is 2.51 bits per heavy atom. The monoisotopic (exact) mass is 542 g/mol. The Morgan fingerprint density at radius 1 is 1.03 bits per heavy atom. The fourth-order valence-electron chi connectivity index (χ4n) is 4.67. The van der Waals surface area contributed by atoms with Crippen molar-refractivity contribution in [3.8, 4) is 0 Å². The number of para-hydroxylation sites is 1. The van der Waals surface area contributed by atoms with E-state index in [-0.39, 0.29) is 5.91 Å². The molecule has 2 aromatic heterocycles. The van der Waals surface area contributed by atoms with Crippen molar-refractivity contribution in [2.75, 3.05) is 48.8 Å². The molecule has 2 aromatic carbocycles. The van der Waals surface area contributed by atoms with Gasteiger partial charge < -0.3 is 31.3 Å². The second-order valence-corrected chi connectivity index (χ2v) is 10.2. The summed E-state index contributed by atoms with van der Waals surface area (Å²) >= 11 is 1.42. The normalized spacial score (nSPS) is 14.2. The van der Waals surface area contributed by atoms with Crippen LogP contribution in [-0.2, 0) is 11.3 Å². The molecule has 0 radical (unpaired) electrons. The molecule has 0 unspecified atom stereocenters. The predicted octanol–water partition coefficient (Wildman–Crippen LogP) is 5.49. The Morgan fingerprint density at radius 2 is 1.77 bits per heavy atom. The van der Waals surface area contributed by atoms with Crippen LogP contribution in [-0.4, -0.2) is 48.6 Å². The molecule has 0 bridgehead atoms. The number of nitrogens with zero attached hydrogens (tertiary/aromatic N) is 2. The number of pyridine rings is 1. The number of ether oxygens (including phenoxy) is 1. The summed E-state index contributed by atoms with van der Waals surface area (Å²) in [5.41, 5.74) is 11.8. The minimum Gasteiger partial charge on any atom is -0.380 e. The van der Waals surface area contributed by atoms with Crippen molar-refractivity contribution in [3.05, 3.63) is 94.1 Å². The van der Waals surface area contributed by atoms with Gasteiger partial charge in [-0.3, -0.25) is 9.78 Å². The summed E-state index contributed by atoms with van der Waals surface area (Å²) in [4.78, 5) is 20.5. The lowest BCUT2D eigenvalue weighted by Gasteiger charge is -2.33. The van der Waals surface area contributed by atoms with Crippen LogP contribution in [0.1, 0.15) is 28.6 Å². The molecule has 1 amide bonds. The lowest BCUT2D eigenvalue weighted by atomic mass is 10.1. The van der Waals surface area contributed by atoms with Crippen molar-refractivity contribution >= 4 is 45.2 Å². The molecule has 1 aliphatic heterocycles. The van der Waals surface area contributed by atoms with E-state index in [0.717, 1.165) is 58.9 Å². The Kier molecular flexibility index (Phi) is 8.72. The smallest absolute Gasteiger partial charge is 0.267 e. The largest absolute Gasteiger partial charge is 0.380 e. The van der Waals surface area contributed by atoms with Gasteiger partial charge in [-0.1, -0.05) is 25.1 Å². The van der Waals surface area contributed by atoms with E-state index in [9.17, 15) is 4.79 Å². The first-order chi connectivity index (χ1) is 19.2. The van der Waals surface area contributed by atoms with Crippen LogP contribution in [0, 0.1) is 0 Å². The number of amides is 1. The molecule has 39 heavy (non-hydrogen) atoms. The summed E-state index contributed by atoms with van der Waals surface area (Å²) in [7, 11) is 0. The number of morpholine rings is 1. The summed E-state index contributed by atoms with van der Waals surface area (Å²) in [6.45, 7) is 6.28. The quantitative estimate of drug-likeness (QED) is 0.210. The molecule has 1 aliphatic rings. The zero-order valence-corrected chi connectivity index (χ0v) is 22.9. The van der Waals surface area contributed by atoms with Crippen LogP contribution in [0.25, 0.3) is 10.9 Å². The fourth-order valence-corrected chi connectivity index (χ4v) is 5.44. The molecule has 5 N–H and O–H groups in total. The highest BCUT2D eigenvalue weighted by Crippen LogP contribution is 2.26. The molecule has 202 valence electrons. The Balaban J connectivity index is 1.24. The molecule has 4 aromatic rings. The lowest BCUT2D eigenvalue weighted by molar-refractivity contribution is 0.0537. The van der Waals surface area contributed by atoms with E-state index < -0.39 is 0 Å². The van der Waals surface area contributed by atoms with Gasteiger partial charge in [0, 0.05) is 49.1 Å². The summed E-state index contributed by atoms with van der Waals surface area (Å²) in [5, 5.41) is 13.1. The standard InChI is InChI=1S/C30H34N6O2S/c1-2-21(19-31)29(36-14-16-38-17-15-36)34-23-7-9-24(10-8-23)35-30(37)28-27(12-18-39-28)33-20-22-11-13-32-26-6-4-3-5-25(22)26/h3-13,18,33-34H,2,14-17,19-20,31H2,1H3,(H,35,37)/b29-21-. The number of fused-ring (bicyclic) bond motifs is 1. The summed E-state index contributed by atoms with van der Waals surface area (Å²) in [6, 6.07) is 19.8. The van der Waals surface area contributed by atoms with Gasteiger partial charge in [0.1, 0.15) is 10.7 Å². The van der Waals surface area contributed by atoms with E-state index in [1.54, 1.807) is 0 Å². The SMILES string of the molecule is CC/C(CN)=C(\Nc1ccc(NC(=O)c2sccc2NCc2ccnc3ccccc23)cc1)N1CCOCC1. The molecule has 9 heteroatoms. The van der Waals surface area contributed by atoms with Crippen LogP contribution in [0.5, 0.6) is 0 Å². The third kappa shape index (κ3) is 6.39. The lowest BCUT2D eigenvalue weighted by Crippen LogP contribution is -2.39. The third-order valence-electron chi connectivity index (χ3n) is 6.82. The molecule has 1 fully saturated rings. The molecule has 0 atom stereocenters. The van der Waals surface area contributed by atoms with Crippen LogP contribution < -0.4 is 21.7 Å². The molecular formula is C30H34N6O2S. The number of anilines is 3. The molecule has 1 saturated heterocycles. The van der Waals surface area contributed by atoms with Crippen molar-refractivity contribution < 1.29 is 9.53 Å². The minimum atomic E-state index is -0.141. The maximum Gasteiger partial charge on any atom is 0.267 e. The van der Waals surface area contributed by atoms with Crippen LogP contribution in [0.4, 0.5) is 17.1 Å². The number of nitrogens with one attached hydrogen (secondary N) is 3. The molecule has 0 saturated carbocycles. The first-order valence-corrected chi connectivity index (χ1v) is 14.1. The number of thiophene rings is 1. The van der Waals surface area contributed by atoms with Crippen LogP contribution in [0.2, 0.25) is 0 Å². The summed E-state index contributed by atoms with van der Waals surface area (Å²) in [5.74, 6) is 0.912. The van der Waals surface area contributed by atoms with E-state index in [1.807, 2.05) is 66.2 Å². The number of carbonyl (C=O) groups is 1. The van der Waals surface area contributed by atoms with E-state index in [4.69, 9.17) is 10.5 Å². The molecule has 0 spiro atoms. The second kappa shape index (κ2) is 12.8. The van der Waals surface area contributed by atoms with Gasteiger partial charge in [-0.2, -0.15) is 0 Å². The summed E-state index contributed by atoms with van der Waals surface area (Å²) in [6.07, 6.45) is 2.69. The summed E-state index contributed by atoms with van der Waals surface area (Å²) < 4.78 is 5.52. The van der Waals surface area contributed by atoms with E-state index >= 15 is 0 Å². The average Bonchev–Trinajstić information content (AvgIpc) is 3.46. The number of rotatable bonds is 10. The number of hydrogen-bond donors (Lipinski definition) is 4. The van der Waals surface area contributed by atoms with Gasteiger partial charge in [0.25, 0.3) is 5.91 Å². The van der Waals surface area contributed by atoms with Crippen molar-refractivity contribution in [2.45, 2.75) is 19.9 Å². The first-order valence-electron chi connectivity index (χ1n) is 13.2. The molecular weight excluding hydrogens is 508 g/mol. The fraction of sp³-hybridized carbons (Fsp3) is 0.267. The number of hydrogen-bond acceptors (Lipinski definition) is 8. The number of nitrogens with two attached hydrogens (primary N) is 1. The Hall–Kier alpha value is -3.92. The Labute approximate surface area is 232 Å². The zero-order valence-electron chi connectivity index (χ0n) is 22.1. The van der Waals surface area contributed by atoms with Crippen LogP contribution in [0.3, 0.4) is 0 Å². The van der Waals surface area contributed by atoms with Crippen molar-refractivity contribution in [3.63, 3.8) is 0 Å². The number of aromatic nitrogens is 1. The topological polar surface area (TPSA) is 105 Å². The van der Waals surface area contributed by atoms with Crippen molar-refractivity contribution in [1.29, 1.82) is 0 Å². The number of benzene rings is 2. The van der Waals surface area contributed by atoms with Gasteiger partial charge >= 0.3 is 0 Å². The second-order valence-electron chi connectivity index (χ2n) is 9.27. The van der Waals surface area contributed by atoms with Gasteiger partial charge in [0.05, 0.1) is 24.4 Å². The van der Waals surface area contributed by atoms with Gasteiger partial charge in [-0.25, -0.2) is 0 Å². The third-order valence-corrected chi connectivity index (χ3v) is 7.73. The minimum absolute atomic E-state index is 0.141. The maximum atomic E-state index is 13.1. The predicted molar refractivity (Wildman–Crippen MR) is 160 cm³/mol. The first kappa shape index (κ1) is 26.7. The van der Waals surface area contributed by atoms with Gasteiger partial charge in [0.15, 0.2) is 0 Å². The van der Waals surface area contributed by atoms with Gasteiger partial charge in [-0.05, 0) is 65.4 Å². The molecule has 8 nitrogen and oxygen atoms in total. The Bertz CT molecular complexity index is 1430. The molecule has 5 rings (SSSR count). The average molecular weight is 543 g/mol. The van der Waals surface area contributed by atoms with Crippen molar-refractivity contribution in [2.24, 2.45) is 5.73 Å².